The lowest BCUT2D eigenvalue weighted by atomic mass is 9.79. The van der Waals surface area contributed by atoms with Gasteiger partial charge in [0.05, 0.1) is 0 Å². The van der Waals surface area contributed by atoms with Crippen molar-refractivity contribution in [2.24, 2.45) is 0 Å². The highest BCUT2D eigenvalue weighted by atomic mass is 16.1. The molecule has 1 unspecified atom stereocenters. The fraction of sp³-hybridized carbons (Fsp3) is 0.150. The zero-order valence-electron chi connectivity index (χ0n) is 12.1. The van der Waals surface area contributed by atoms with Crippen LogP contribution in [-0.2, 0) is 4.79 Å². The summed E-state index contributed by atoms with van der Waals surface area (Å²) >= 11 is 0. The largest absolute Gasteiger partial charge is 0.290 e. The first-order valence-corrected chi connectivity index (χ1v) is 7.27. The molecule has 0 fully saturated rings. The van der Waals surface area contributed by atoms with E-state index in [1.54, 1.807) is 6.08 Å². The highest BCUT2D eigenvalue weighted by Gasteiger charge is 2.25. The number of hydrogen-bond acceptors (Lipinski definition) is 1. The maximum absolute atomic E-state index is 12.4. The predicted octanol–water partition coefficient (Wildman–Crippen LogP) is 4.77. The van der Waals surface area contributed by atoms with E-state index < -0.39 is 0 Å². The van der Waals surface area contributed by atoms with E-state index in [1.165, 1.54) is 5.56 Å². The van der Waals surface area contributed by atoms with Gasteiger partial charge < -0.3 is 0 Å². The molecule has 1 aliphatic rings. The molecule has 104 valence electrons. The minimum absolute atomic E-state index is 0.136. The van der Waals surface area contributed by atoms with Crippen molar-refractivity contribution in [3.63, 3.8) is 0 Å². The minimum Gasteiger partial charge on any atom is -0.290 e. The summed E-state index contributed by atoms with van der Waals surface area (Å²) in [7, 11) is 0. The highest BCUT2D eigenvalue weighted by Crippen LogP contribution is 2.36. The fourth-order valence-electron chi connectivity index (χ4n) is 2.85. The maximum atomic E-state index is 12.4. The molecule has 0 aliphatic heterocycles. The topological polar surface area (TPSA) is 17.1 Å². The van der Waals surface area contributed by atoms with Crippen molar-refractivity contribution in [1.29, 1.82) is 0 Å². The summed E-state index contributed by atoms with van der Waals surface area (Å²) in [6.07, 6.45) is 4.71. The summed E-state index contributed by atoms with van der Waals surface area (Å²) < 4.78 is 0. The average molecular weight is 274 g/mol. The van der Waals surface area contributed by atoms with Crippen molar-refractivity contribution in [2.75, 3.05) is 0 Å². The minimum atomic E-state index is 0.136. The molecule has 0 saturated heterocycles. The number of hydrogen-bond donors (Lipinski definition) is 0. The van der Waals surface area contributed by atoms with Gasteiger partial charge in [0.15, 0.2) is 5.78 Å². The van der Waals surface area contributed by atoms with Crippen LogP contribution in [0.4, 0.5) is 0 Å². The molecule has 0 heterocycles. The third-order valence-corrected chi connectivity index (χ3v) is 3.89. The second-order valence-corrected chi connectivity index (χ2v) is 5.53. The molecular formula is C20H18O. The summed E-state index contributed by atoms with van der Waals surface area (Å²) in [5, 5.41) is 0. The van der Waals surface area contributed by atoms with Crippen LogP contribution >= 0.6 is 0 Å². The van der Waals surface area contributed by atoms with Crippen molar-refractivity contribution in [3.05, 3.63) is 89.0 Å². The number of allylic oxidation sites excluding steroid dienone is 3. The van der Waals surface area contributed by atoms with Crippen LogP contribution in [0, 0.1) is 0 Å². The summed E-state index contributed by atoms with van der Waals surface area (Å²) in [5.41, 5.74) is 4.33. The van der Waals surface area contributed by atoms with Crippen molar-refractivity contribution < 1.29 is 4.79 Å². The van der Waals surface area contributed by atoms with E-state index >= 15 is 0 Å². The summed E-state index contributed by atoms with van der Waals surface area (Å²) in [6, 6.07) is 20.4. The molecule has 0 saturated carbocycles. The molecule has 1 atom stereocenters. The summed E-state index contributed by atoms with van der Waals surface area (Å²) in [4.78, 5) is 12.4. The fourth-order valence-corrected chi connectivity index (χ4v) is 2.85. The third-order valence-electron chi connectivity index (χ3n) is 3.89. The van der Waals surface area contributed by atoms with Crippen molar-refractivity contribution in [1.82, 2.24) is 0 Å². The van der Waals surface area contributed by atoms with Gasteiger partial charge in [-0.3, -0.25) is 4.79 Å². The normalized spacial score (nSPS) is 20.4. The first kappa shape index (κ1) is 13.6. The van der Waals surface area contributed by atoms with Gasteiger partial charge in [-0.25, -0.2) is 0 Å². The Labute approximate surface area is 125 Å². The molecule has 0 radical (unpaired) electrons. The van der Waals surface area contributed by atoms with Crippen LogP contribution < -0.4 is 0 Å². The molecule has 0 aromatic heterocycles. The van der Waals surface area contributed by atoms with Gasteiger partial charge in [-0.2, -0.15) is 0 Å². The van der Waals surface area contributed by atoms with Crippen molar-refractivity contribution in [2.45, 2.75) is 19.3 Å². The maximum Gasteiger partial charge on any atom is 0.182 e. The third kappa shape index (κ3) is 3.03. The van der Waals surface area contributed by atoms with Gasteiger partial charge in [0.1, 0.15) is 0 Å². The van der Waals surface area contributed by atoms with Gasteiger partial charge in [-0.1, -0.05) is 66.2 Å². The van der Waals surface area contributed by atoms with Gasteiger partial charge in [0, 0.05) is 11.5 Å². The summed E-state index contributed by atoms with van der Waals surface area (Å²) in [5.74, 6) is 0.292. The van der Waals surface area contributed by atoms with Crippen molar-refractivity contribution >= 4 is 11.9 Å². The molecule has 0 N–H and O–H groups in total. The second-order valence-electron chi connectivity index (χ2n) is 5.53. The Bertz CT molecular complexity index is 693. The van der Waals surface area contributed by atoms with E-state index in [4.69, 9.17) is 0 Å². The smallest absolute Gasteiger partial charge is 0.182 e. The zero-order valence-corrected chi connectivity index (χ0v) is 12.1. The number of carbonyl (C=O) groups excluding carboxylic acids is 1. The molecule has 21 heavy (non-hydrogen) atoms. The quantitative estimate of drug-likeness (QED) is 0.721. The Morgan fingerprint density at radius 2 is 1.57 bits per heavy atom. The van der Waals surface area contributed by atoms with Crippen LogP contribution in [0.5, 0.6) is 0 Å². The lowest BCUT2D eigenvalue weighted by molar-refractivity contribution is -0.111. The Morgan fingerprint density at radius 1 is 0.952 bits per heavy atom. The Morgan fingerprint density at radius 3 is 2.24 bits per heavy atom. The van der Waals surface area contributed by atoms with E-state index in [-0.39, 0.29) is 11.7 Å². The Hall–Kier alpha value is -2.41. The lowest BCUT2D eigenvalue weighted by Crippen LogP contribution is -2.16. The van der Waals surface area contributed by atoms with E-state index in [2.05, 4.69) is 12.1 Å². The SMILES string of the molecule is CC1=CC(=O)C(=Cc2ccccc2)C(c2ccccc2)C1. The predicted molar refractivity (Wildman–Crippen MR) is 87.0 cm³/mol. The van der Waals surface area contributed by atoms with E-state index in [0.717, 1.165) is 23.1 Å². The van der Waals surface area contributed by atoms with Crippen LogP contribution in [-0.4, -0.2) is 5.78 Å². The van der Waals surface area contributed by atoms with Crippen molar-refractivity contribution in [3.8, 4) is 0 Å². The monoisotopic (exact) mass is 274 g/mol. The molecule has 2 aromatic rings. The second kappa shape index (κ2) is 5.92. The van der Waals surface area contributed by atoms with Gasteiger partial charge in [0.2, 0.25) is 0 Å². The van der Waals surface area contributed by atoms with Gasteiger partial charge >= 0.3 is 0 Å². The van der Waals surface area contributed by atoms with Crippen LogP contribution in [0.3, 0.4) is 0 Å². The Balaban J connectivity index is 2.06. The van der Waals surface area contributed by atoms with Crippen LogP contribution in [0.2, 0.25) is 0 Å². The van der Waals surface area contributed by atoms with Gasteiger partial charge in [0.25, 0.3) is 0 Å². The van der Waals surface area contributed by atoms with Crippen LogP contribution in [0.1, 0.15) is 30.4 Å². The van der Waals surface area contributed by atoms with Gasteiger partial charge in [-0.05, 0) is 36.6 Å². The molecule has 1 heteroatoms. The van der Waals surface area contributed by atoms with Crippen LogP contribution in [0.25, 0.3) is 6.08 Å². The number of benzene rings is 2. The number of carbonyl (C=O) groups is 1. The molecule has 0 amide bonds. The molecular weight excluding hydrogens is 256 g/mol. The first-order valence-electron chi connectivity index (χ1n) is 7.27. The van der Waals surface area contributed by atoms with Crippen LogP contribution in [0.15, 0.2) is 77.9 Å². The Kier molecular flexibility index (Phi) is 3.83. The number of ketones is 1. The van der Waals surface area contributed by atoms with E-state index in [1.807, 2.05) is 61.5 Å². The highest BCUT2D eigenvalue weighted by molar-refractivity contribution is 6.09. The molecule has 3 rings (SSSR count). The average Bonchev–Trinajstić information content (AvgIpc) is 2.51. The lowest BCUT2D eigenvalue weighted by Gasteiger charge is -2.24. The zero-order chi connectivity index (χ0) is 14.7. The van der Waals surface area contributed by atoms with Gasteiger partial charge in [-0.15, -0.1) is 0 Å². The molecule has 0 bridgehead atoms. The number of rotatable bonds is 2. The summed E-state index contributed by atoms with van der Waals surface area (Å²) in [6.45, 7) is 2.03. The van der Waals surface area contributed by atoms with E-state index in [9.17, 15) is 4.79 Å². The molecule has 1 aliphatic carbocycles. The standard InChI is InChI=1S/C20H18O/c1-15-12-18(17-10-6-3-7-11-17)19(20(21)13-15)14-16-8-4-2-5-9-16/h2-11,13-14,18H,12H2,1H3. The first-order chi connectivity index (χ1) is 10.2. The van der Waals surface area contributed by atoms with E-state index in [0.29, 0.717) is 0 Å². The molecule has 1 nitrogen and oxygen atoms in total. The molecule has 0 spiro atoms. The molecule has 2 aromatic carbocycles.